The monoisotopic (exact) mass is 347 g/mol. The fourth-order valence-electron chi connectivity index (χ4n) is 4.60. The third-order valence-electron chi connectivity index (χ3n) is 5.48. The molecule has 4 aliphatic heterocycles. The van der Waals surface area contributed by atoms with Crippen molar-refractivity contribution in [1.82, 2.24) is 15.1 Å². The molecule has 7 heteroatoms. The number of nitrogens with one attached hydrogen (secondary N) is 1. The molecule has 0 radical (unpaired) electrons. The summed E-state index contributed by atoms with van der Waals surface area (Å²) in [5.74, 6) is -1.28. The predicted molar refractivity (Wildman–Crippen MR) is 89.3 cm³/mol. The van der Waals surface area contributed by atoms with Crippen LogP contribution in [0.1, 0.15) is 20.8 Å². The Labute approximate surface area is 147 Å². The molecular formula is C18H25N3O4. The zero-order chi connectivity index (χ0) is 18.0. The van der Waals surface area contributed by atoms with E-state index >= 15 is 0 Å². The predicted octanol–water partition coefficient (Wildman–Crippen LogP) is -0.227. The first kappa shape index (κ1) is 16.6. The number of fused-ring (bicyclic) bond motifs is 1. The molecule has 0 aromatic heterocycles. The number of amides is 3. The third kappa shape index (κ3) is 2.56. The maximum absolute atomic E-state index is 13.1. The van der Waals surface area contributed by atoms with Crippen LogP contribution in [0.25, 0.3) is 0 Å². The molecule has 4 atom stereocenters. The maximum atomic E-state index is 13.1. The summed E-state index contributed by atoms with van der Waals surface area (Å²) in [6.07, 6.45) is 3.52. The van der Waals surface area contributed by atoms with Gasteiger partial charge in [0, 0.05) is 19.6 Å². The Bertz CT molecular complexity index is 668. The summed E-state index contributed by atoms with van der Waals surface area (Å²) in [4.78, 5) is 41.2. The van der Waals surface area contributed by atoms with Gasteiger partial charge in [-0.05, 0) is 5.41 Å². The van der Waals surface area contributed by atoms with Crippen LogP contribution in [0.5, 0.6) is 0 Å². The molecule has 3 amide bonds. The minimum Gasteiger partial charge on any atom is -0.360 e. The molecule has 3 saturated heterocycles. The first-order chi connectivity index (χ1) is 11.7. The van der Waals surface area contributed by atoms with Crippen LogP contribution in [0.3, 0.4) is 0 Å². The molecule has 3 fully saturated rings. The quantitative estimate of drug-likeness (QED) is 0.700. The van der Waals surface area contributed by atoms with Gasteiger partial charge < -0.3 is 19.9 Å². The van der Waals surface area contributed by atoms with Gasteiger partial charge in [0.25, 0.3) is 0 Å². The maximum Gasteiger partial charge on any atom is 0.239 e. The van der Waals surface area contributed by atoms with Crippen LogP contribution in [0.15, 0.2) is 12.2 Å². The molecule has 25 heavy (non-hydrogen) atoms. The van der Waals surface area contributed by atoms with E-state index < -0.39 is 17.4 Å². The molecule has 136 valence electrons. The Morgan fingerprint density at radius 1 is 1.40 bits per heavy atom. The molecule has 1 N–H and O–H groups in total. The van der Waals surface area contributed by atoms with Gasteiger partial charge in [0.05, 0.1) is 31.0 Å². The first-order valence-corrected chi connectivity index (χ1v) is 8.92. The second kappa shape index (κ2) is 5.30. The van der Waals surface area contributed by atoms with Crippen molar-refractivity contribution in [3.63, 3.8) is 0 Å². The van der Waals surface area contributed by atoms with Crippen molar-refractivity contribution < 1.29 is 19.1 Å². The minimum atomic E-state index is -0.675. The number of likely N-dealkylation sites (tertiary alicyclic amines) is 1. The van der Waals surface area contributed by atoms with Gasteiger partial charge in [-0.25, -0.2) is 0 Å². The topological polar surface area (TPSA) is 79.0 Å². The van der Waals surface area contributed by atoms with E-state index in [1.807, 2.05) is 17.1 Å². The van der Waals surface area contributed by atoms with Gasteiger partial charge in [-0.15, -0.1) is 0 Å². The lowest BCUT2D eigenvalue weighted by Crippen LogP contribution is -2.54. The van der Waals surface area contributed by atoms with E-state index in [0.29, 0.717) is 26.2 Å². The molecular weight excluding hydrogens is 322 g/mol. The van der Waals surface area contributed by atoms with Crippen LogP contribution in [-0.2, 0) is 19.1 Å². The number of piperazine rings is 1. The van der Waals surface area contributed by atoms with E-state index in [-0.39, 0.29) is 35.8 Å². The highest BCUT2D eigenvalue weighted by Crippen LogP contribution is 2.52. The summed E-state index contributed by atoms with van der Waals surface area (Å²) in [5, 5.41) is 2.72. The molecule has 0 saturated carbocycles. The van der Waals surface area contributed by atoms with Gasteiger partial charge in [0.1, 0.15) is 5.60 Å². The van der Waals surface area contributed by atoms with Crippen molar-refractivity contribution in [3.05, 3.63) is 12.2 Å². The van der Waals surface area contributed by atoms with Crippen molar-refractivity contribution in [3.8, 4) is 0 Å². The van der Waals surface area contributed by atoms with Gasteiger partial charge in [0.15, 0.2) is 0 Å². The largest absolute Gasteiger partial charge is 0.360 e. The SMILES string of the molecule is CC(C)(C)CN1C[C@]23C=C[C@H](O2)[C@@H](C(=O)N2CCNC(=O)C2)[C@@H]3C1=O. The van der Waals surface area contributed by atoms with Crippen LogP contribution in [0.2, 0.25) is 0 Å². The van der Waals surface area contributed by atoms with Crippen LogP contribution < -0.4 is 5.32 Å². The molecule has 0 aromatic rings. The fraction of sp³-hybridized carbons (Fsp3) is 0.722. The van der Waals surface area contributed by atoms with Gasteiger partial charge >= 0.3 is 0 Å². The molecule has 4 aliphatic rings. The van der Waals surface area contributed by atoms with Crippen molar-refractivity contribution >= 4 is 17.7 Å². The van der Waals surface area contributed by atoms with Crippen molar-refractivity contribution in [2.45, 2.75) is 32.5 Å². The lowest BCUT2D eigenvalue weighted by Gasteiger charge is -2.32. The minimum absolute atomic E-state index is 0.00147. The Balaban J connectivity index is 1.59. The normalized spacial score (nSPS) is 36.8. The van der Waals surface area contributed by atoms with Gasteiger partial charge in [-0.1, -0.05) is 32.9 Å². The molecule has 2 bridgehead atoms. The van der Waals surface area contributed by atoms with Crippen LogP contribution in [0.4, 0.5) is 0 Å². The molecule has 0 unspecified atom stereocenters. The summed E-state index contributed by atoms with van der Waals surface area (Å²) in [7, 11) is 0. The summed E-state index contributed by atoms with van der Waals surface area (Å²) < 4.78 is 6.13. The van der Waals surface area contributed by atoms with Crippen LogP contribution in [-0.4, -0.2) is 72.0 Å². The highest BCUT2D eigenvalue weighted by molar-refractivity contribution is 5.94. The van der Waals surface area contributed by atoms with Gasteiger partial charge in [-0.2, -0.15) is 0 Å². The lowest BCUT2D eigenvalue weighted by atomic mass is 9.76. The second-order valence-corrected chi connectivity index (χ2v) is 8.76. The molecule has 1 spiro atoms. The summed E-state index contributed by atoms with van der Waals surface area (Å²) in [6.45, 7) is 8.42. The number of hydrogen-bond donors (Lipinski definition) is 1. The second-order valence-electron chi connectivity index (χ2n) is 8.76. The molecule has 0 aromatic carbocycles. The number of ether oxygens (including phenoxy) is 1. The highest BCUT2D eigenvalue weighted by Gasteiger charge is 2.67. The van der Waals surface area contributed by atoms with Crippen molar-refractivity contribution in [2.75, 3.05) is 32.7 Å². The fourth-order valence-corrected chi connectivity index (χ4v) is 4.60. The van der Waals surface area contributed by atoms with E-state index in [2.05, 4.69) is 26.1 Å². The Morgan fingerprint density at radius 2 is 2.16 bits per heavy atom. The van der Waals surface area contributed by atoms with E-state index in [1.165, 1.54) is 0 Å². The molecule has 7 nitrogen and oxygen atoms in total. The van der Waals surface area contributed by atoms with Crippen molar-refractivity contribution in [2.24, 2.45) is 17.3 Å². The molecule has 4 heterocycles. The van der Waals surface area contributed by atoms with E-state index in [0.717, 1.165) is 0 Å². The zero-order valence-corrected chi connectivity index (χ0v) is 14.9. The smallest absolute Gasteiger partial charge is 0.239 e. The standard InChI is InChI=1S/C18H25N3O4/c1-17(2,3)9-21-10-18-5-4-11(25-18)13(14(18)16(21)24)15(23)20-7-6-19-12(22)8-20/h4-5,11,13-14H,6-10H2,1-3H3,(H,19,22)/t11-,13+,14+,18-/m0/s1. The first-order valence-electron chi connectivity index (χ1n) is 8.92. The summed E-state index contributed by atoms with van der Waals surface area (Å²) in [5.41, 5.74) is -0.692. The molecule has 4 rings (SSSR count). The Kier molecular flexibility index (Phi) is 3.51. The average Bonchev–Trinajstić information content (AvgIpc) is 3.14. The molecule has 0 aliphatic carbocycles. The van der Waals surface area contributed by atoms with Gasteiger partial charge in [-0.3, -0.25) is 14.4 Å². The number of hydrogen-bond acceptors (Lipinski definition) is 4. The Hall–Kier alpha value is -1.89. The number of carbonyl (C=O) groups excluding carboxylic acids is 3. The number of nitrogens with zero attached hydrogens (tertiary/aromatic N) is 2. The third-order valence-corrected chi connectivity index (χ3v) is 5.48. The lowest BCUT2D eigenvalue weighted by molar-refractivity contribution is -0.146. The van der Waals surface area contributed by atoms with Crippen LogP contribution in [0, 0.1) is 17.3 Å². The summed E-state index contributed by atoms with van der Waals surface area (Å²) in [6, 6.07) is 0. The van der Waals surface area contributed by atoms with E-state index in [1.54, 1.807) is 4.90 Å². The van der Waals surface area contributed by atoms with Crippen molar-refractivity contribution in [1.29, 1.82) is 0 Å². The Morgan fingerprint density at radius 3 is 2.84 bits per heavy atom. The van der Waals surface area contributed by atoms with Crippen LogP contribution >= 0.6 is 0 Å². The zero-order valence-electron chi connectivity index (χ0n) is 14.9. The van der Waals surface area contributed by atoms with E-state index in [9.17, 15) is 14.4 Å². The average molecular weight is 347 g/mol. The van der Waals surface area contributed by atoms with E-state index in [4.69, 9.17) is 4.74 Å². The number of rotatable bonds is 2. The number of carbonyl (C=O) groups is 3. The van der Waals surface area contributed by atoms with Gasteiger partial charge in [0.2, 0.25) is 17.7 Å². The summed E-state index contributed by atoms with van der Waals surface area (Å²) >= 11 is 0. The highest BCUT2D eigenvalue weighted by atomic mass is 16.5.